The minimum atomic E-state index is -0.424. The lowest BCUT2D eigenvalue weighted by atomic mass is 10.2. The van der Waals surface area contributed by atoms with Crippen LogP contribution in [0.25, 0.3) is 0 Å². The van der Waals surface area contributed by atoms with E-state index in [9.17, 15) is 4.79 Å². The van der Waals surface area contributed by atoms with Crippen molar-refractivity contribution in [3.05, 3.63) is 66.9 Å². The molecule has 0 heterocycles. The zero-order valence-corrected chi connectivity index (χ0v) is 12.5. The van der Waals surface area contributed by atoms with E-state index in [1.54, 1.807) is 48.5 Å². The molecule has 0 amide bonds. The van der Waals surface area contributed by atoms with Crippen LogP contribution in [0.15, 0.2) is 61.4 Å². The van der Waals surface area contributed by atoms with Crippen molar-refractivity contribution in [3.63, 3.8) is 0 Å². The van der Waals surface area contributed by atoms with Gasteiger partial charge in [-0.3, -0.25) is 0 Å². The first-order valence-corrected chi connectivity index (χ1v) is 7.05. The van der Waals surface area contributed by atoms with Gasteiger partial charge in [-0.1, -0.05) is 13.5 Å². The molecule has 2 aromatic rings. The molecule has 0 radical (unpaired) electrons. The summed E-state index contributed by atoms with van der Waals surface area (Å²) in [5.41, 5.74) is 0.447. The normalized spacial score (nSPS) is 9.86. The molecule has 0 fully saturated rings. The summed E-state index contributed by atoms with van der Waals surface area (Å²) < 4.78 is 15.9. The molecule has 0 aliphatic heterocycles. The summed E-state index contributed by atoms with van der Waals surface area (Å²) in [6.07, 6.45) is 2.28. The molecule has 0 aromatic heterocycles. The number of benzene rings is 2. The maximum atomic E-state index is 12.0. The van der Waals surface area contributed by atoms with Crippen molar-refractivity contribution < 1.29 is 19.0 Å². The van der Waals surface area contributed by atoms with Gasteiger partial charge >= 0.3 is 5.97 Å². The number of esters is 1. The molecular formula is C18H18O4. The monoisotopic (exact) mass is 298 g/mol. The van der Waals surface area contributed by atoms with Crippen LogP contribution in [0.2, 0.25) is 0 Å². The minimum absolute atomic E-state index is 0.424. The Balaban J connectivity index is 1.97. The topological polar surface area (TPSA) is 44.8 Å². The van der Waals surface area contributed by atoms with Crippen LogP contribution in [0.4, 0.5) is 0 Å². The number of rotatable bonds is 7. The number of hydrogen-bond donors (Lipinski definition) is 0. The van der Waals surface area contributed by atoms with Crippen molar-refractivity contribution in [2.45, 2.75) is 13.3 Å². The van der Waals surface area contributed by atoms with Crippen LogP contribution in [-0.2, 0) is 0 Å². The summed E-state index contributed by atoms with van der Waals surface area (Å²) in [5.74, 6) is 1.42. The van der Waals surface area contributed by atoms with Crippen LogP contribution in [0.1, 0.15) is 23.7 Å². The van der Waals surface area contributed by atoms with Crippen molar-refractivity contribution in [1.82, 2.24) is 0 Å². The average Bonchev–Trinajstić information content (AvgIpc) is 2.55. The summed E-state index contributed by atoms with van der Waals surface area (Å²) in [5, 5.41) is 0. The van der Waals surface area contributed by atoms with E-state index in [-0.39, 0.29) is 0 Å². The highest BCUT2D eigenvalue weighted by Crippen LogP contribution is 2.19. The van der Waals surface area contributed by atoms with Crippen LogP contribution in [0, 0.1) is 0 Å². The molecule has 0 atom stereocenters. The summed E-state index contributed by atoms with van der Waals surface area (Å²) in [7, 11) is 0. The van der Waals surface area contributed by atoms with Crippen LogP contribution >= 0.6 is 0 Å². The van der Waals surface area contributed by atoms with Gasteiger partial charge in [-0.25, -0.2) is 4.79 Å². The molecule has 114 valence electrons. The zero-order valence-electron chi connectivity index (χ0n) is 12.5. The fourth-order valence-corrected chi connectivity index (χ4v) is 1.76. The molecule has 0 saturated heterocycles. The summed E-state index contributed by atoms with van der Waals surface area (Å²) >= 11 is 0. The van der Waals surface area contributed by atoms with E-state index < -0.39 is 5.97 Å². The van der Waals surface area contributed by atoms with E-state index >= 15 is 0 Å². The third-order valence-electron chi connectivity index (χ3n) is 2.82. The summed E-state index contributed by atoms with van der Waals surface area (Å²) in [6, 6.07) is 13.6. The Morgan fingerprint density at radius 1 is 1.00 bits per heavy atom. The Labute approximate surface area is 129 Å². The van der Waals surface area contributed by atoms with Crippen LogP contribution in [0.5, 0.6) is 17.2 Å². The Bertz CT molecular complexity index is 615. The van der Waals surface area contributed by atoms with Crippen LogP contribution < -0.4 is 14.2 Å². The summed E-state index contributed by atoms with van der Waals surface area (Å²) in [6.45, 7) is 6.18. The Morgan fingerprint density at radius 2 is 1.59 bits per heavy atom. The fraction of sp³-hybridized carbons (Fsp3) is 0.167. The first-order chi connectivity index (χ1) is 10.7. The van der Waals surface area contributed by atoms with Gasteiger partial charge in [0.2, 0.25) is 0 Å². The quantitative estimate of drug-likeness (QED) is 0.436. The van der Waals surface area contributed by atoms with Crippen molar-refractivity contribution in [2.24, 2.45) is 0 Å². The summed E-state index contributed by atoms with van der Waals surface area (Å²) in [4.78, 5) is 12.0. The smallest absolute Gasteiger partial charge is 0.343 e. The second-order valence-electron chi connectivity index (χ2n) is 4.52. The standard InChI is InChI=1S/C18H18O4/c1-3-13-21-16-9-11-17(12-10-16)22-18(19)14-5-7-15(8-6-14)20-4-2/h4-12H,2-3,13H2,1H3. The van der Waals surface area contributed by atoms with Gasteiger partial charge in [-0.2, -0.15) is 0 Å². The van der Waals surface area contributed by atoms with E-state index in [1.165, 1.54) is 6.26 Å². The molecule has 0 spiro atoms. The number of ether oxygens (including phenoxy) is 3. The third kappa shape index (κ3) is 4.38. The van der Waals surface area contributed by atoms with Gasteiger partial charge in [-0.15, -0.1) is 0 Å². The highest BCUT2D eigenvalue weighted by molar-refractivity contribution is 5.91. The van der Waals surface area contributed by atoms with E-state index in [0.717, 1.165) is 12.2 Å². The number of carbonyl (C=O) groups is 1. The molecule has 0 aliphatic carbocycles. The molecule has 2 rings (SSSR count). The lowest BCUT2D eigenvalue weighted by molar-refractivity contribution is 0.0734. The molecule has 4 heteroatoms. The molecule has 0 aliphatic rings. The predicted molar refractivity (Wildman–Crippen MR) is 84.5 cm³/mol. The van der Waals surface area contributed by atoms with Crippen molar-refractivity contribution in [3.8, 4) is 17.2 Å². The predicted octanol–water partition coefficient (Wildman–Crippen LogP) is 4.22. The zero-order chi connectivity index (χ0) is 15.8. The van der Waals surface area contributed by atoms with Crippen molar-refractivity contribution in [1.29, 1.82) is 0 Å². The number of carbonyl (C=O) groups excluding carboxylic acids is 1. The van der Waals surface area contributed by atoms with E-state index in [2.05, 4.69) is 6.58 Å². The average molecular weight is 298 g/mol. The maximum Gasteiger partial charge on any atom is 0.343 e. The first-order valence-electron chi connectivity index (χ1n) is 7.05. The number of hydrogen-bond acceptors (Lipinski definition) is 4. The molecule has 0 saturated carbocycles. The van der Waals surface area contributed by atoms with E-state index in [4.69, 9.17) is 14.2 Å². The Kier molecular flexibility index (Phi) is 5.60. The maximum absolute atomic E-state index is 12.0. The van der Waals surface area contributed by atoms with Gasteiger partial charge in [0.25, 0.3) is 0 Å². The van der Waals surface area contributed by atoms with Gasteiger partial charge in [0.1, 0.15) is 17.2 Å². The minimum Gasteiger partial charge on any atom is -0.494 e. The fourth-order valence-electron chi connectivity index (χ4n) is 1.76. The molecule has 2 aromatic carbocycles. The lowest BCUT2D eigenvalue weighted by Gasteiger charge is -2.07. The van der Waals surface area contributed by atoms with Gasteiger partial charge in [-0.05, 0) is 55.0 Å². The van der Waals surface area contributed by atoms with Gasteiger partial charge < -0.3 is 14.2 Å². The van der Waals surface area contributed by atoms with Crippen molar-refractivity contribution in [2.75, 3.05) is 6.61 Å². The van der Waals surface area contributed by atoms with E-state index in [1.807, 2.05) is 6.92 Å². The highest BCUT2D eigenvalue weighted by atomic mass is 16.5. The third-order valence-corrected chi connectivity index (χ3v) is 2.82. The van der Waals surface area contributed by atoms with Gasteiger partial charge in [0.15, 0.2) is 0 Å². The lowest BCUT2D eigenvalue weighted by Crippen LogP contribution is -2.08. The SMILES string of the molecule is C=COc1ccc(C(=O)Oc2ccc(OCCC)cc2)cc1. The first kappa shape index (κ1) is 15.6. The second-order valence-corrected chi connectivity index (χ2v) is 4.52. The molecule has 4 nitrogen and oxygen atoms in total. The Hall–Kier alpha value is -2.75. The van der Waals surface area contributed by atoms with Crippen LogP contribution in [-0.4, -0.2) is 12.6 Å². The van der Waals surface area contributed by atoms with E-state index in [0.29, 0.717) is 23.7 Å². The molecular weight excluding hydrogens is 280 g/mol. The second kappa shape index (κ2) is 7.88. The van der Waals surface area contributed by atoms with Crippen molar-refractivity contribution >= 4 is 5.97 Å². The van der Waals surface area contributed by atoms with Gasteiger partial charge in [0, 0.05) is 0 Å². The largest absolute Gasteiger partial charge is 0.494 e. The van der Waals surface area contributed by atoms with Gasteiger partial charge in [0.05, 0.1) is 18.4 Å². The Morgan fingerprint density at radius 3 is 2.18 bits per heavy atom. The molecule has 0 bridgehead atoms. The highest BCUT2D eigenvalue weighted by Gasteiger charge is 2.08. The molecule has 22 heavy (non-hydrogen) atoms. The molecule has 0 unspecified atom stereocenters. The molecule has 0 N–H and O–H groups in total. The van der Waals surface area contributed by atoms with Crippen LogP contribution in [0.3, 0.4) is 0 Å².